The first-order chi connectivity index (χ1) is 9.86. The molecule has 2 rings (SSSR count). The Morgan fingerprint density at radius 2 is 1.81 bits per heavy atom. The molecule has 0 aromatic heterocycles. The third kappa shape index (κ3) is 4.15. The Morgan fingerprint density at radius 3 is 2.48 bits per heavy atom. The van der Waals surface area contributed by atoms with Crippen molar-refractivity contribution in [3.8, 4) is 5.75 Å². The molecule has 21 heavy (non-hydrogen) atoms. The molecular formula is C18H19FO2. The van der Waals surface area contributed by atoms with Crippen molar-refractivity contribution in [1.29, 1.82) is 0 Å². The van der Waals surface area contributed by atoms with E-state index in [4.69, 9.17) is 4.74 Å². The van der Waals surface area contributed by atoms with E-state index in [0.717, 1.165) is 5.56 Å². The molecule has 0 spiro atoms. The molecule has 0 aliphatic rings. The highest BCUT2D eigenvalue weighted by atomic mass is 19.1. The molecule has 0 atom stereocenters. The first-order valence-electron chi connectivity index (χ1n) is 6.88. The van der Waals surface area contributed by atoms with Crippen molar-refractivity contribution in [1.82, 2.24) is 0 Å². The zero-order chi connectivity index (χ0) is 15.5. The van der Waals surface area contributed by atoms with Crippen molar-refractivity contribution in [2.24, 2.45) is 5.41 Å². The van der Waals surface area contributed by atoms with Gasteiger partial charge in [0.2, 0.25) is 0 Å². The average Bonchev–Trinajstić information content (AvgIpc) is 2.44. The smallest absolute Gasteiger partial charge is 0.168 e. The van der Waals surface area contributed by atoms with Gasteiger partial charge < -0.3 is 4.74 Å². The van der Waals surface area contributed by atoms with Gasteiger partial charge in [0.1, 0.15) is 18.2 Å². The summed E-state index contributed by atoms with van der Waals surface area (Å²) in [5.74, 6) is 0.390. The normalized spacial score (nSPS) is 11.2. The van der Waals surface area contributed by atoms with Crippen LogP contribution in [-0.4, -0.2) is 5.78 Å². The third-order valence-corrected chi connectivity index (χ3v) is 3.07. The van der Waals surface area contributed by atoms with Gasteiger partial charge in [0, 0.05) is 11.0 Å². The molecule has 0 bridgehead atoms. The summed E-state index contributed by atoms with van der Waals surface area (Å²) in [6, 6.07) is 13.4. The lowest BCUT2D eigenvalue weighted by atomic mass is 9.86. The highest BCUT2D eigenvalue weighted by molar-refractivity contribution is 6.00. The number of hydrogen-bond donors (Lipinski definition) is 0. The number of carbonyl (C=O) groups excluding carboxylic acids is 1. The molecule has 0 aliphatic carbocycles. The summed E-state index contributed by atoms with van der Waals surface area (Å²) < 4.78 is 18.7. The van der Waals surface area contributed by atoms with E-state index in [1.165, 1.54) is 12.1 Å². The van der Waals surface area contributed by atoms with Gasteiger partial charge in [0.25, 0.3) is 0 Å². The SMILES string of the molecule is CC(C)(C)C(=O)c1cccc(OCc2cccc(F)c2)c1. The van der Waals surface area contributed by atoms with Crippen LogP contribution in [-0.2, 0) is 6.61 Å². The maximum Gasteiger partial charge on any atom is 0.168 e. The molecule has 0 heterocycles. The second-order valence-electron chi connectivity index (χ2n) is 6.03. The zero-order valence-electron chi connectivity index (χ0n) is 12.5. The van der Waals surface area contributed by atoms with Crippen LogP contribution in [0.3, 0.4) is 0 Å². The quantitative estimate of drug-likeness (QED) is 0.766. The number of Topliss-reactive ketones (excluding diaryl/α,β-unsaturated/α-hetero) is 1. The molecule has 2 aromatic carbocycles. The Balaban J connectivity index is 2.10. The summed E-state index contributed by atoms with van der Waals surface area (Å²) in [7, 11) is 0. The number of ether oxygens (including phenoxy) is 1. The minimum Gasteiger partial charge on any atom is -0.489 e. The molecule has 0 unspecified atom stereocenters. The predicted octanol–water partition coefficient (Wildman–Crippen LogP) is 4.63. The van der Waals surface area contributed by atoms with E-state index >= 15 is 0 Å². The maximum absolute atomic E-state index is 13.1. The van der Waals surface area contributed by atoms with Crippen LogP contribution < -0.4 is 4.74 Å². The van der Waals surface area contributed by atoms with Crippen LogP contribution in [0.15, 0.2) is 48.5 Å². The Morgan fingerprint density at radius 1 is 1.10 bits per heavy atom. The molecule has 0 saturated heterocycles. The Bertz CT molecular complexity index is 642. The molecule has 0 N–H and O–H groups in total. The standard InChI is InChI=1S/C18H19FO2/c1-18(2,3)17(20)14-7-5-9-16(11-14)21-12-13-6-4-8-15(19)10-13/h4-11H,12H2,1-3H3. The molecule has 0 fully saturated rings. The van der Waals surface area contributed by atoms with Crippen molar-refractivity contribution in [3.63, 3.8) is 0 Å². The van der Waals surface area contributed by atoms with Crippen LogP contribution in [0, 0.1) is 11.2 Å². The average molecular weight is 286 g/mol. The zero-order valence-corrected chi connectivity index (χ0v) is 12.5. The third-order valence-electron chi connectivity index (χ3n) is 3.07. The molecule has 2 nitrogen and oxygen atoms in total. The van der Waals surface area contributed by atoms with E-state index in [9.17, 15) is 9.18 Å². The lowest BCUT2D eigenvalue weighted by Crippen LogP contribution is -2.20. The highest BCUT2D eigenvalue weighted by Gasteiger charge is 2.22. The Hall–Kier alpha value is -2.16. The van der Waals surface area contributed by atoms with E-state index in [-0.39, 0.29) is 18.2 Å². The van der Waals surface area contributed by atoms with Gasteiger partial charge in [-0.1, -0.05) is 45.0 Å². The van der Waals surface area contributed by atoms with Gasteiger partial charge in [0.05, 0.1) is 0 Å². The topological polar surface area (TPSA) is 26.3 Å². The first kappa shape index (κ1) is 15.2. The number of rotatable bonds is 4. The Kier molecular flexibility index (Phi) is 4.41. The molecule has 0 saturated carbocycles. The van der Waals surface area contributed by atoms with Gasteiger partial charge in [-0.15, -0.1) is 0 Å². The summed E-state index contributed by atoms with van der Waals surface area (Å²) in [5, 5.41) is 0. The number of ketones is 1. The minimum absolute atomic E-state index is 0.0682. The number of carbonyl (C=O) groups is 1. The van der Waals surface area contributed by atoms with Crippen molar-refractivity contribution >= 4 is 5.78 Å². The fourth-order valence-electron chi connectivity index (χ4n) is 1.95. The van der Waals surface area contributed by atoms with Gasteiger partial charge in [-0.3, -0.25) is 4.79 Å². The van der Waals surface area contributed by atoms with E-state index in [1.807, 2.05) is 20.8 Å². The first-order valence-corrected chi connectivity index (χ1v) is 6.88. The maximum atomic E-state index is 13.1. The van der Waals surface area contributed by atoms with Gasteiger partial charge in [-0.2, -0.15) is 0 Å². The molecule has 110 valence electrons. The van der Waals surface area contributed by atoms with E-state index in [1.54, 1.807) is 36.4 Å². The second kappa shape index (κ2) is 6.08. The molecule has 3 heteroatoms. The van der Waals surface area contributed by atoms with E-state index in [2.05, 4.69) is 0 Å². The lowest BCUT2D eigenvalue weighted by Gasteiger charge is -2.17. The van der Waals surface area contributed by atoms with E-state index in [0.29, 0.717) is 11.3 Å². The highest BCUT2D eigenvalue weighted by Crippen LogP contribution is 2.23. The summed E-state index contributed by atoms with van der Waals surface area (Å²) in [4.78, 5) is 12.2. The number of hydrogen-bond acceptors (Lipinski definition) is 2. The monoisotopic (exact) mass is 286 g/mol. The lowest BCUT2D eigenvalue weighted by molar-refractivity contribution is 0.0858. The van der Waals surface area contributed by atoms with Crippen LogP contribution in [0.25, 0.3) is 0 Å². The fourth-order valence-corrected chi connectivity index (χ4v) is 1.95. The van der Waals surface area contributed by atoms with Gasteiger partial charge in [-0.25, -0.2) is 4.39 Å². The van der Waals surface area contributed by atoms with Crippen LogP contribution in [0.1, 0.15) is 36.7 Å². The van der Waals surface area contributed by atoms with Crippen LogP contribution in [0.4, 0.5) is 4.39 Å². The molecule has 2 aromatic rings. The van der Waals surface area contributed by atoms with Crippen molar-refractivity contribution in [2.45, 2.75) is 27.4 Å². The van der Waals surface area contributed by atoms with Crippen LogP contribution in [0.2, 0.25) is 0 Å². The van der Waals surface area contributed by atoms with Crippen molar-refractivity contribution < 1.29 is 13.9 Å². The van der Waals surface area contributed by atoms with E-state index < -0.39 is 5.41 Å². The van der Waals surface area contributed by atoms with Gasteiger partial charge in [0.15, 0.2) is 5.78 Å². The second-order valence-corrected chi connectivity index (χ2v) is 6.03. The predicted molar refractivity (Wildman–Crippen MR) is 81.0 cm³/mol. The number of halogens is 1. The summed E-state index contributed by atoms with van der Waals surface area (Å²) in [5.41, 5.74) is 0.947. The summed E-state index contributed by atoms with van der Waals surface area (Å²) >= 11 is 0. The minimum atomic E-state index is -0.429. The largest absolute Gasteiger partial charge is 0.489 e. The van der Waals surface area contributed by atoms with Crippen molar-refractivity contribution in [3.05, 3.63) is 65.5 Å². The van der Waals surface area contributed by atoms with Crippen LogP contribution in [0.5, 0.6) is 5.75 Å². The molecule has 0 radical (unpaired) electrons. The molecular weight excluding hydrogens is 267 g/mol. The summed E-state index contributed by atoms with van der Waals surface area (Å²) in [6.45, 7) is 5.92. The molecule has 0 amide bonds. The molecule has 0 aliphatic heterocycles. The van der Waals surface area contributed by atoms with Gasteiger partial charge in [-0.05, 0) is 29.8 Å². The van der Waals surface area contributed by atoms with Crippen molar-refractivity contribution in [2.75, 3.05) is 0 Å². The van der Waals surface area contributed by atoms with Gasteiger partial charge >= 0.3 is 0 Å². The van der Waals surface area contributed by atoms with Crippen LogP contribution >= 0.6 is 0 Å². The number of benzene rings is 2. The Labute approximate surface area is 124 Å². The summed E-state index contributed by atoms with van der Waals surface area (Å²) in [6.07, 6.45) is 0. The fraction of sp³-hybridized carbons (Fsp3) is 0.278.